The number of benzene rings is 1. The molecule has 1 aromatic rings. The van der Waals surface area contributed by atoms with Gasteiger partial charge in [-0.15, -0.1) is 0 Å². The lowest BCUT2D eigenvalue weighted by Gasteiger charge is -2.03. The van der Waals surface area contributed by atoms with Gasteiger partial charge in [0.25, 0.3) is 0 Å². The van der Waals surface area contributed by atoms with Crippen molar-refractivity contribution < 1.29 is 13.9 Å². The molecule has 0 bridgehead atoms. The summed E-state index contributed by atoms with van der Waals surface area (Å²) in [5.74, 6) is -0.519. The number of halogens is 2. The molecule has 14 heavy (non-hydrogen) atoms. The highest BCUT2D eigenvalue weighted by Gasteiger charge is 2.07. The number of methoxy groups -OCH3 is 1. The van der Waals surface area contributed by atoms with Crippen LogP contribution in [0.25, 0.3) is 0 Å². The number of rotatable bonds is 4. The smallest absolute Gasteiger partial charge is 0.162 e. The second-order valence-electron chi connectivity index (χ2n) is 2.88. The van der Waals surface area contributed by atoms with E-state index >= 15 is 0 Å². The van der Waals surface area contributed by atoms with E-state index < -0.39 is 5.82 Å². The maximum atomic E-state index is 12.8. The van der Waals surface area contributed by atoms with Crippen molar-refractivity contribution in [2.75, 3.05) is 13.7 Å². The van der Waals surface area contributed by atoms with Gasteiger partial charge in [0.15, 0.2) is 5.78 Å². The standard InChI is InChI=1S/C10H10ClFO2/c1-14-6-9(13)5-7-4-8(12)2-3-10(7)11/h2-4H,5-6H2,1H3. The molecule has 0 aromatic heterocycles. The van der Waals surface area contributed by atoms with Gasteiger partial charge in [0.05, 0.1) is 0 Å². The van der Waals surface area contributed by atoms with Crippen LogP contribution in [0.2, 0.25) is 5.02 Å². The second-order valence-corrected chi connectivity index (χ2v) is 3.29. The summed E-state index contributed by atoms with van der Waals surface area (Å²) >= 11 is 5.78. The molecule has 0 spiro atoms. The van der Waals surface area contributed by atoms with Gasteiger partial charge >= 0.3 is 0 Å². The number of carbonyl (C=O) groups excluding carboxylic acids is 1. The summed E-state index contributed by atoms with van der Waals surface area (Å²) in [4.78, 5) is 11.2. The first-order valence-corrected chi connectivity index (χ1v) is 4.46. The minimum absolute atomic E-state index is 0.0207. The third kappa shape index (κ3) is 3.09. The van der Waals surface area contributed by atoms with E-state index in [1.807, 2.05) is 0 Å². The average Bonchev–Trinajstić information content (AvgIpc) is 2.12. The Morgan fingerprint density at radius 3 is 2.93 bits per heavy atom. The summed E-state index contributed by atoms with van der Waals surface area (Å²) in [5.41, 5.74) is 0.494. The number of ether oxygens (including phenoxy) is 1. The molecular weight excluding hydrogens is 207 g/mol. The Morgan fingerprint density at radius 1 is 1.57 bits per heavy atom. The molecule has 0 N–H and O–H groups in total. The molecule has 4 heteroatoms. The highest BCUT2D eigenvalue weighted by molar-refractivity contribution is 6.31. The van der Waals surface area contributed by atoms with E-state index in [9.17, 15) is 9.18 Å². The molecule has 0 aliphatic carbocycles. The van der Waals surface area contributed by atoms with Crippen molar-refractivity contribution in [1.29, 1.82) is 0 Å². The van der Waals surface area contributed by atoms with Gasteiger partial charge in [0.1, 0.15) is 12.4 Å². The van der Waals surface area contributed by atoms with Crippen molar-refractivity contribution in [3.8, 4) is 0 Å². The van der Waals surface area contributed by atoms with E-state index in [-0.39, 0.29) is 18.8 Å². The lowest BCUT2D eigenvalue weighted by Crippen LogP contribution is -2.10. The van der Waals surface area contributed by atoms with Gasteiger partial charge in [0, 0.05) is 18.6 Å². The van der Waals surface area contributed by atoms with Gasteiger partial charge in [-0.3, -0.25) is 4.79 Å². The van der Waals surface area contributed by atoms with Crippen LogP contribution in [0.3, 0.4) is 0 Å². The lowest BCUT2D eigenvalue weighted by atomic mass is 10.1. The van der Waals surface area contributed by atoms with Crippen molar-refractivity contribution in [2.24, 2.45) is 0 Å². The maximum Gasteiger partial charge on any atom is 0.162 e. The van der Waals surface area contributed by atoms with Crippen LogP contribution in [0.4, 0.5) is 4.39 Å². The van der Waals surface area contributed by atoms with Gasteiger partial charge < -0.3 is 4.74 Å². The maximum absolute atomic E-state index is 12.8. The molecule has 76 valence electrons. The predicted molar refractivity (Wildman–Crippen MR) is 52.0 cm³/mol. The fourth-order valence-electron chi connectivity index (χ4n) is 1.10. The average molecular weight is 217 g/mol. The SMILES string of the molecule is COCC(=O)Cc1cc(F)ccc1Cl. The van der Waals surface area contributed by atoms with E-state index in [0.29, 0.717) is 10.6 Å². The molecular formula is C10H10ClFO2. The summed E-state index contributed by atoms with van der Waals surface area (Å²) in [5, 5.41) is 0.399. The minimum atomic E-state index is -0.394. The van der Waals surface area contributed by atoms with Crippen LogP contribution in [-0.4, -0.2) is 19.5 Å². The molecule has 2 nitrogen and oxygen atoms in total. The third-order valence-corrected chi connectivity index (χ3v) is 2.07. The molecule has 0 heterocycles. The van der Waals surface area contributed by atoms with Crippen LogP contribution in [0.15, 0.2) is 18.2 Å². The third-order valence-electron chi connectivity index (χ3n) is 1.70. The van der Waals surface area contributed by atoms with Crippen LogP contribution in [-0.2, 0) is 16.0 Å². The predicted octanol–water partition coefficient (Wildman–Crippen LogP) is 2.24. The Bertz CT molecular complexity index is 339. The van der Waals surface area contributed by atoms with Crippen molar-refractivity contribution in [3.05, 3.63) is 34.6 Å². The summed E-state index contributed by atoms with van der Waals surface area (Å²) < 4.78 is 17.4. The van der Waals surface area contributed by atoms with Crippen molar-refractivity contribution in [1.82, 2.24) is 0 Å². The summed E-state index contributed by atoms with van der Waals surface area (Å²) in [7, 11) is 1.44. The van der Waals surface area contributed by atoms with E-state index in [0.717, 1.165) is 0 Å². The Balaban J connectivity index is 2.75. The van der Waals surface area contributed by atoms with E-state index in [4.69, 9.17) is 11.6 Å². The summed E-state index contributed by atoms with van der Waals surface area (Å²) in [6.45, 7) is 0.0207. The Morgan fingerprint density at radius 2 is 2.29 bits per heavy atom. The molecule has 0 amide bonds. The Hall–Kier alpha value is -0.930. The fraction of sp³-hybridized carbons (Fsp3) is 0.300. The molecule has 1 rings (SSSR count). The monoisotopic (exact) mass is 216 g/mol. The normalized spacial score (nSPS) is 10.2. The van der Waals surface area contributed by atoms with Gasteiger partial charge in [0.2, 0.25) is 0 Å². The first-order chi connectivity index (χ1) is 6.63. The van der Waals surface area contributed by atoms with E-state index in [2.05, 4.69) is 4.74 Å². The van der Waals surface area contributed by atoms with Crippen molar-refractivity contribution in [3.63, 3.8) is 0 Å². The largest absolute Gasteiger partial charge is 0.377 e. The van der Waals surface area contributed by atoms with Gasteiger partial charge in [-0.1, -0.05) is 11.6 Å². The van der Waals surface area contributed by atoms with Crippen LogP contribution >= 0.6 is 11.6 Å². The summed E-state index contributed by atoms with van der Waals surface area (Å²) in [6, 6.07) is 3.95. The zero-order chi connectivity index (χ0) is 10.6. The highest BCUT2D eigenvalue weighted by Crippen LogP contribution is 2.17. The number of hydrogen-bond acceptors (Lipinski definition) is 2. The van der Waals surface area contributed by atoms with Crippen LogP contribution < -0.4 is 0 Å². The molecule has 0 unspecified atom stereocenters. The minimum Gasteiger partial charge on any atom is -0.377 e. The van der Waals surface area contributed by atoms with Gasteiger partial charge in [-0.25, -0.2) is 4.39 Å². The highest BCUT2D eigenvalue weighted by atomic mass is 35.5. The van der Waals surface area contributed by atoms with E-state index in [1.165, 1.54) is 25.3 Å². The first kappa shape index (κ1) is 11.1. The molecule has 0 aliphatic rings. The van der Waals surface area contributed by atoms with Crippen molar-refractivity contribution >= 4 is 17.4 Å². The second kappa shape index (κ2) is 5.08. The Kier molecular flexibility index (Phi) is 4.04. The number of Topliss-reactive ketones (excluding diaryl/α,β-unsaturated/α-hetero) is 1. The zero-order valence-corrected chi connectivity index (χ0v) is 8.47. The fourth-order valence-corrected chi connectivity index (χ4v) is 1.29. The molecule has 0 aliphatic heterocycles. The van der Waals surface area contributed by atoms with Crippen LogP contribution in [0.1, 0.15) is 5.56 Å². The number of hydrogen-bond donors (Lipinski definition) is 0. The molecule has 0 saturated heterocycles. The molecule has 1 aromatic carbocycles. The molecule has 0 fully saturated rings. The topological polar surface area (TPSA) is 26.3 Å². The van der Waals surface area contributed by atoms with E-state index in [1.54, 1.807) is 0 Å². The van der Waals surface area contributed by atoms with Gasteiger partial charge in [-0.2, -0.15) is 0 Å². The lowest BCUT2D eigenvalue weighted by molar-refractivity contribution is -0.121. The van der Waals surface area contributed by atoms with Gasteiger partial charge in [-0.05, 0) is 23.8 Å². The number of carbonyl (C=O) groups is 1. The molecule has 0 saturated carbocycles. The van der Waals surface area contributed by atoms with Crippen LogP contribution in [0.5, 0.6) is 0 Å². The van der Waals surface area contributed by atoms with Crippen molar-refractivity contribution in [2.45, 2.75) is 6.42 Å². The quantitative estimate of drug-likeness (QED) is 0.772. The molecule has 0 atom stereocenters. The number of ketones is 1. The summed E-state index contributed by atoms with van der Waals surface area (Å²) in [6.07, 6.45) is 0.102. The first-order valence-electron chi connectivity index (χ1n) is 4.08. The molecule has 0 radical (unpaired) electrons. The zero-order valence-electron chi connectivity index (χ0n) is 7.72. The Labute approximate surface area is 86.6 Å². The van der Waals surface area contributed by atoms with Crippen LogP contribution in [0, 0.1) is 5.82 Å².